The normalized spacial score (nSPS) is 21.0. The highest BCUT2D eigenvalue weighted by Gasteiger charge is 2.33. The monoisotopic (exact) mass is 316 g/mol. The van der Waals surface area contributed by atoms with Crippen molar-refractivity contribution < 1.29 is 14.7 Å². The number of benzene rings is 1. The van der Waals surface area contributed by atoms with Gasteiger partial charge in [0.15, 0.2) is 0 Å². The molecule has 2 atom stereocenters. The number of anilines is 1. The fraction of sp³-hybridized carbons (Fsp3) is 0.312. The molecule has 3 rings (SSSR count). The fourth-order valence-electron chi connectivity index (χ4n) is 2.73. The van der Waals surface area contributed by atoms with Gasteiger partial charge in [0.05, 0.1) is 27.1 Å². The van der Waals surface area contributed by atoms with E-state index in [0.717, 1.165) is 15.2 Å². The maximum absolute atomic E-state index is 12.4. The molecule has 0 saturated carbocycles. The Labute approximate surface area is 131 Å². The molecule has 22 heavy (non-hydrogen) atoms. The van der Waals surface area contributed by atoms with Crippen LogP contribution in [0, 0.1) is 18.8 Å². The number of aliphatic carboxylic acids is 1. The average molecular weight is 316 g/mol. The third-order valence-electron chi connectivity index (χ3n) is 3.85. The summed E-state index contributed by atoms with van der Waals surface area (Å²) >= 11 is 1.57. The van der Waals surface area contributed by atoms with E-state index in [4.69, 9.17) is 0 Å². The van der Waals surface area contributed by atoms with Crippen molar-refractivity contribution in [3.63, 3.8) is 0 Å². The first-order valence-corrected chi connectivity index (χ1v) is 7.92. The van der Waals surface area contributed by atoms with Gasteiger partial charge in [-0.15, -0.1) is 11.3 Å². The molecule has 2 aromatic rings. The van der Waals surface area contributed by atoms with Crippen molar-refractivity contribution in [1.82, 2.24) is 4.98 Å². The Morgan fingerprint density at radius 3 is 2.73 bits per heavy atom. The number of aryl methyl sites for hydroxylation is 1. The van der Waals surface area contributed by atoms with Crippen LogP contribution < -0.4 is 5.32 Å². The van der Waals surface area contributed by atoms with Crippen LogP contribution in [0.1, 0.15) is 17.8 Å². The lowest BCUT2D eigenvalue weighted by atomic mass is 9.82. The van der Waals surface area contributed by atoms with Gasteiger partial charge >= 0.3 is 5.97 Å². The molecule has 114 valence electrons. The van der Waals surface area contributed by atoms with Crippen LogP contribution in [-0.4, -0.2) is 22.0 Å². The SMILES string of the molecule is Cc1nc2ccc(NC(=O)[C@@H]3CC=CC[C@@H]3C(=O)O)cc2s1. The first-order chi connectivity index (χ1) is 10.5. The Morgan fingerprint density at radius 2 is 2.00 bits per heavy atom. The second kappa shape index (κ2) is 5.88. The number of carbonyl (C=O) groups excluding carboxylic acids is 1. The summed E-state index contributed by atoms with van der Waals surface area (Å²) in [4.78, 5) is 28.1. The van der Waals surface area contributed by atoms with Gasteiger partial charge in [-0.1, -0.05) is 12.2 Å². The summed E-state index contributed by atoms with van der Waals surface area (Å²) in [7, 11) is 0. The Balaban J connectivity index is 1.79. The van der Waals surface area contributed by atoms with Crippen molar-refractivity contribution >= 4 is 39.1 Å². The molecule has 0 unspecified atom stereocenters. The van der Waals surface area contributed by atoms with E-state index in [1.54, 1.807) is 17.4 Å². The quantitative estimate of drug-likeness (QED) is 0.852. The van der Waals surface area contributed by atoms with Gasteiger partial charge in [-0.25, -0.2) is 4.98 Å². The van der Waals surface area contributed by atoms with Gasteiger partial charge in [0, 0.05) is 5.69 Å². The summed E-state index contributed by atoms with van der Waals surface area (Å²) in [6, 6.07) is 5.55. The maximum atomic E-state index is 12.4. The molecule has 1 amide bonds. The van der Waals surface area contributed by atoms with E-state index in [1.165, 1.54) is 0 Å². The van der Waals surface area contributed by atoms with Gasteiger partial charge in [-0.3, -0.25) is 9.59 Å². The number of carboxylic acid groups (broad SMARTS) is 1. The third-order valence-corrected chi connectivity index (χ3v) is 4.78. The minimum atomic E-state index is -0.918. The maximum Gasteiger partial charge on any atom is 0.307 e. The number of carboxylic acids is 1. The lowest BCUT2D eigenvalue weighted by Crippen LogP contribution is -2.34. The summed E-state index contributed by atoms with van der Waals surface area (Å²) < 4.78 is 1.01. The summed E-state index contributed by atoms with van der Waals surface area (Å²) in [5.74, 6) is -2.34. The first-order valence-electron chi connectivity index (χ1n) is 7.10. The van der Waals surface area contributed by atoms with E-state index in [2.05, 4.69) is 10.3 Å². The number of thiazole rings is 1. The molecule has 1 aliphatic carbocycles. The van der Waals surface area contributed by atoms with Crippen molar-refractivity contribution in [2.75, 3.05) is 5.32 Å². The molecule has 2 N–H and O–H groups in total. The molecular formula is C16H16N2O3S. The van der Waals surface area contributed by atoms with Crippen molar-refractivity contribution in [2.24, 2.45) is 11.8 Å². The van der Waals surface area contributed by atoms with E-state index < -0.39 is 17.8 Å². The molecule has 0 radical (unpaired) electrons. The topological polar surface area (TPSA) is 79.3 Å². The second-order valence-corrected chi connectivity index (χ2v) is 6.63. The Kier molecular flexibility index (Phi) is 3.94. The Hall–Kier alpha value is -2.21. The van der Waals surface area contributed by atoms with E-state index >= 15 is 0 Å². The van der Waals surface area contributed by atoms with Crippen LogP contribution in [0.25, 0.3) is 10.2 Å². The van der Waals surface area contributed by atoms with Gasteiger partial charge in [-0.05, 0) is 38.0 Å². The van der Waals surface area contributed by atoms with Crippen LogP contribution in [0.2, 0.25) is 0 Å². The largest absolute Gasteiger partial charge is 0.481 e. The highest BCUT2D eigenvalue weighted by molar-refractivity contribution is 7.18. The summed E-state index contributed by atoms with van der Waals surface area (Å²) in [6.07, 6.45) is 4.57. The van der Waals surface area contributed by atoms with Crippen molar-refractivity contribution in [3.8, 4) is 0 Å². The second-order valence-electron chi connectivity index (χ2n) is 5.40. The lowest BCUT2D eigenvalue weighted by molar-refractivity contribution is -0.146. The molecule has 0 spiro atoms. The summed E-state index contributed by atoms with van der Waals surface area (Å²) in [5.41, 5.74) is 1.59. The van der Waals surface area contributed by atoms with Crippen molar-refractivity contribution in [3.05, 3.63) is 35.4 Å². The van der Waals surface area contributed by atoms with Gasteiger partial charge < -0.3 is 10.4 Å². The number of nitrogens with zero attached hydrogens (tertiary/aromatic N) is 1. The standard InChI is InChI=1S/C16H16N2O3S/c1-9-17-13-7-6-10(8-14(13)22-9)18-15(19)11-4-2-3-5-12(11)16(20)21/h2-3,6-8,11-12H,4-5H2,1H3,(H,18,19)(H,20,21)/t11-,12+/m1/s1. The number of fused-ring (bicyclic) bond motifs is 1. The van der Waals surface area contributed by atoms with Gasteiger partial charge in [0.25, 0.3) is 0 Å². The molecule has 5 nitrogen and oxygen atoms in total. The molecule has 0 fully saturated rings. The van der Waals surface area contributed by atoms with Crippen LogP contribution in [0.15, 0.2) is 30.4 Å². The van der Waals surface area contributed by atoms with E-state index in [9.17, 15) is 14.7 Å². The number of amides is 1. The lowest BCUT2D eigenvalue weighted by Gasteiger charge is -2.24. The zero-order valence-electron chi connectivity index (χ0n) is 12.1. The van der Waals surface area contributed by atoms with E-state index in [0.29, 0.717) is 18.5 Å². The Bertz CT molecular complexity index is 766. The van der Waals surface area contributed by atoms with E-state index in [-0.39, 0.29) is 5.91 Å². The number of allylic oxidation sites excluding steroid dienone is 2. The van der Waals surface area contributed by atoms with Crippen LogP contribution in [0.5, 0.6) is 0 Å². The van der Waals surface area contributed by atoms with Crippen molar-refractivity contribution in [1.29, 1.82) is 0 Å². The molecule has 1 aliphatic rings. The number of nitrogens with one attached hydrogen (secondary N) is 1. The Morgan fingerprint density at radius 1 is 1.27 bits per heavy atom. The average Bonchev–Trinajstić information content (AvgIpc) is 2.86. The number of rotatable bonds is 3. The van der Waals surface area contributed by atoms with Crippen LogP contribution in [0.4, 0.5) is 5.69 Å². The minimum Gasteiger partial charge on any atom is -0.481 e. The predicted molar refractivity (Wildman–Crippen MR) is 86.0 cm³/mol. The van der Waals surface area contributed by atoms with Crippen LogP contribution >= 0.6 is 11.3 Å². The smallest absolute Gasteiger partial charge is 0.307 e. The van der Waals surface area contributed by atoms with Gasteiger partial charge in [0.2, 0.25) is 5.91 Å². The molecule has 1 aromatic carbocycles. The van der Waals surface area contributed by atoms with Gasteiger partial charge in [-0.2, -0.15) is 0 Å². The van der Waals surface area contributed by atoms with E-state index in [1.807, 2.05) is 31.2 Å². The molecule has 0 bridgehead atoms. The zero-order chi connectivity index (χ0) is 15.7. The predicted octanol–water partition coefficient (Wildman–Crippen LogP) is 3.21. The molecule has 0 aliphatic heterocycles. The zero-order valence-corrected chi connectivity index (χ0v) is 12.9. The molecule has 1 aromatic heterocycles. The highest BCUT2D eigenvalue weighted by atomic mass is 32.1. The highest BCUT2D eigenvalue weighted by Crippen LogP contribution is 2.29. The molecular weight excluding hydrogens is 300 g/mol. The summed E-state index contributed by atoms with van der Waals surface area (Å²) in [5, 5.41) is 13.1. The number of hydrogen-bond acceptors (Lipinski definition) is 4. The van der Waals surface area contributed by atoms with Crippen molar-refractivity contribution in [2.45, 2.75) is 19.8 Å². The van der Waals surface area contributed by atoms with Gasteiger partial charge in [0.1, 0.15) is 0 Å². The van der Waals surface area contributed by atoms with Crippen LogP contribution in [0.3, 0.4) is 0 Å². The molecule has 0 saturated heterocycles. The molecule has 1 heterocycles. The third kappa shape index (κ3) is 2.87. The molecule has 6 heteroatoms. The number of carbonyl (C=O) groups is 2. The van der Waals surface area contributed by atoms with Crippen LogP contribution in [-0.2, 0) is 9.59 Å². The number of aromatic nitrogens is 1. The summed E-state index contributed by atoms with van der Waals surface area (Å²) in [6.45, 7) is 1.94. The fourth-order valence-corrected chi connectivity index (χ4v) is 3.60. The number of hydrogen-bond donors (Lipinski definition) is 2. The minimum absolute atomic E-state index is 0.239. The first kappa shape index (κ1) is 14.7.